The third-order valence-corrected chi connectivity index (χ3v) is 3.52. The summed E-state index contributed by atoms with van der Waals surface area (Å²) in [5, 5.41) is 3.51. The molecular weight excluding hydrogens is 246 g/mol. The highest BCUT2D eigenvalue weighted by molar-refractivity contribution is 5.45. The number of aryl methyl sites for hydroxylation is 1. The maximum Gasteiger partial charge on any atom is 0.105 e. The van der Waals surface area contributed by atoms with Gasteiger partial charge in [-0.15, -0.1) is 0 Å². The van der Waals surface area contributed by atoms with E-state index >= 15 is 0 Å². The first-order valence-electron chi connectivity index (χ1n) is 7.66. The van der Waals surface area contributed by atoms with Gasteiger partial charge in [0.1, 0.15) is 5.76 Å². The van der Waals surface area contributed by atoms with E-state index in [1.54, 1.807) is 6.26 Å². The van der Waals surface area contributed by atoms with Gasteiger partial charge in [-0.2, -0.15) is 0 Å². The number of hydrogen-bond donors (Lipinski definition) is 1. The van der Waals surface area contributed by atoms with Crippen molar-refractivity contribution in [3.05, 3.63) is 54.0 Å². The van der Waals surface area contributed by atoms with E-state index in [0.29, 0.717) is 6.04 Å². The van der Waals surface area contributed by atoms with Crippen LogP contribution in [0.3, 0.4) is 0 Å². The van der Waals surface area contributed by atoms with Gasteiger partial charge in [-0.1, -0.05) is 31.9 Å². The quantitative estimate of drug-likeness (QED) is 0.679. The Morgan fingerprint density at radius 1 is 1.10 bits per heavy atom. The highest BCUT2D eigenvalue weighted by Gasteiger charge is 2.05. The molecule has 1 unspecified atom stereocenters. The Morgan fingerprint density at radius 3 is 2.55 bits per heavy atom. The maximum atomic E-state index is 5.38. The Hall–Kier alpha value is -1.70. The lowest BCUT2D eigenvalue weighted by molar-refractivity contribution is 0.498. The second-order valence-electron chi connectivity index (χ2n) is 5.48. The van der Waals surface area contributed by atoms with Crippen LogP contribution < -0.4 is 5.32 Å². The Balaban J connectivity index is 1.80. The van der Waals surface area contributed by atoms with Gasteiger partial charge in [0.05, 0.1) is 6.26 Å². The maximum absolute atomic E-state index is 5.38. The van der Waals surface area contributed by atoms with Crippen LogP contribution >= 0.6 is 0 Å². The SMILES string of the molecule is CCCCCc1ccc(NC(C)Cc2ccco2)cc1. The highest BCUT2D eigenvalue weighted by Crippen LogP contribution is 2.14. The van der Waals surface area contributed by atoms with E-state index < -0.39 is 0 Å². The Morgan fingerprint density at radius 2 is 1.90 bits per heavy atom. The van der Waals surface area contributed by atoms with Gasteiger partial charge in [0.15, 0.2) is 0 Å². The minimum atomic E-state index is 0.368. The zero-order chi connectivity index (χ0) is 14.2. The van der Waals surface area contributed by atoms with Crippen molar-refractivity contribution in [2.45, 2.75) is 52.0 Å². The molecule has 0 saturated heterocycles. The van der Waals surface area contributed by atoms with E-state index in [1.807, 2.05) is 12.1 Å². The first-order valence-corrected chi connectivity index (χ1v) is 7.66. The standard InChI is InChI=1S/C18H25NO/c1-3-4-5-7-16-9-11-17(12-10-16)19-15(2)14-18-8-6-13-20-18/h6,8-13,15,19H,3-5,7,14H2,1-2H3. The van der Waals surface area contributed by atoms with Crippen LogP contribution in [0.15, 0.2) is 47.1 Å². The van der Waals surface area contributed by atoms with Gasteiger partial charge < -0.3 is 9.73 Å². The lowest BCUT2D eigenvalue weighted by atomic mass is 10.1. The molecule has 1 N–H and O–H groups in total. The number of rotatable bonds is 8. The van der Waals surface area contributed by atoms with Crippen molar-refractivity contribution in [2.75, 3.05) is 5.32 Å². The number of furan rings is 1. The lowest BCUT2D eigenvalue weighted by Crippen LogP contribution is -2.17. The zero-order valence-corrected chi connectivity index (χ0v) is 12.6. The van der Waals surface area contributed by atoms with Crippen molar-refractivity contribution in [1.82, 2.24) is 0 Å². The predicted molar refractivity (Wildman–Crippen MR) is 85.2 cm³/mol. The molecule has 2 aromatic rings. The monoisotopic (exact) mass is 271 g/mol. The van der Waals surface area contributed by atoms with Crippen molar-refractivity contribution >= 4 is 5.69 Å². The van der Waals surface area contributed by atoms with Gasteiger partial charge in [0.25, 0.3) is 0 Å². The summed E-state index contributed by atoms with van der Waals surface area (Å²) in [6.07, 6.45) is 7.72. The molecule has 2 nitrogen and oxygen atoms in total. The molecular formula is C18H25NO. The van der Waals surface area contributed by atoms with Crippen LogP contribution in [-0.4, -0.2) is 6.04 Å². The lowest BCUT2D eigenvalue weighted by Gasteiger charge is -2.14. The van der Waals surface area contributed by atoms with Crippen LogP contribution in [-0.2, 0) is 12.8 Å². The van der Waals surface area contributed by atoms with Gasteiger partial charge in [-0.25, -0.2) is 0 Å². The summed E-state index contributed by atoms with van der Waals surface area (Å²) in [5.41, 5.74) is 2.62. The van der Waals surface area contributed by atoms with Crippen LogP contribution in [0.4, 0.5) is 5.69 Å². The molecule has 1 aromatic heterocycles. The van der Waals surface area contributed by atoms with E-state index in [4.69, 9.17) is 4.42 Å². The molecule has 1 aromatic carbocycles. The van der Waals surface area contributed by atoms with Crippen molar-refractivity contribution in [1.29, 1.82) is 0 Å². The molecule has 0 fully saturated rings. The molecule has 0 saturated carbocycles. The van der Waals surface area contributed by atoms with E-state index in [9.17, 15) is 0 Å². The fourth-order valence-electron chi connectivity index (χ4n) is 2.41. The summed E-state index contributed by atoms with van der Waals surface area (Å²) in [6.45, 7) is 4.42. The molecule has 1 heterocycles. The minimum Gasteiger partial charge on any atom is -0.469 e. The average Bonchev–Trinajstić information content (AvgIpc) is 2.94. The molecule has 0 aliphatic heterocycles. The number of nitrogens with one attached hydrogen (secondary N) is 1. The minimum absolute atomic E-state index is 0.368. The molecule has 2 rings (SSSR count). The summed E-state index contributed by atoms with van der Waals surface area (Å²) >= 11 is 0. The summed E-state index contributed by atoms with van der Waals surface area (Å²) < 4.78 is 5.38. The summed E-state index contributed by atoms with van der Waals surface area (Å²) in [5.74, 6) is 1.03. The Kier molecular flexibility index (Phi) is 5.72. The van der Waals surface area contributed by atoms with E-state index in [1.165, 1.54) is 36.9 Å². The number of unbranched alkanes of at least 4 members (excludes halogenated alkanes) is 2. The number of hydrogen-bond acceptors (Lipinski definition) is 2. The second kappa shape index (κ2) is 7.78. The molecule has 0 radical (unpaired) electrons. The van der Waals surface area contributed by atoms with E-state index in [-0.39, 0.29) is 0 Å². The topological polar surface area (TPSA) is 25.2 Å². The highest BCUT2D eigenvalue weighted by atomic mass is 16.3. The van der Waals surface area contributed by atoms with Crippen molar-refractivity contribution < 1.29 is 4.42 Å². The van der Waals surface area contributed by atoms with Crippen LogP contribution in [0.25, 0.3) is 0 Å². The molecule has 1 atom stereocenters. The van der Waals surface area contributed by atoms with Crippen molar-refractivity contribution in [3.63, 3.8) is 0 Å². The van der Waals surface area contributed by atoms with Gasteiger partial charge in [0, 0.05) is 18.2 Å². The molecule has 2 heteroatoms. The third kappa shape index (κ3) is 4.76. The predicted octanol–water partition coefficient (Wildman–Crippen LogP) is 5.06. The third-order valence-electron chi connectivity index (χ3n) is 3.52. The second-order valence-corrected chi connectivity index (χ2v) is 5.48. The molecule has 0 amide bonds. The molecule has 0 aliphatic carbocycles. The van der Waals surface area contributed by atoms with Gasteiger partial charge in [0.2, 0.25) is 0 Å². The molecule has 20 heavy (non-hydrogen) atoms. The molecule has 0 aliphatic rings. The average molecular weight is 271 g/mol. The van der Waals surface area contributed by atoms with Gasteiger partial charge in [-0.3, -0.25) is 0 Å². The fraction of sp³-hybridized carbons (Fsp3) is 0.444. The van der Waals surface area contributed by atoms with E-state index in [0.717, 1.165) is 12.2 Å². The Bertz CT molecular complexity index is 473. The summed E-state index contributed by atoms with van der Waals surface area (Å²) in [6, 6.07) is 13.2. The normalized spacial score (nSPS) is 12.3. The summed E-state index contributed by atoms with van der Waals surface area (Å²) in [7, 11) is 0. The zero-order valence-electron chi connectivity index (χ0n) is 12.6. The van der Waals surface area contributed by atoms with Crippen LogP contribution in [0, 0.1) is 0 Å². The van der Waals surface area contributed by atoms with E-state index in [2.05, 4.69) is 43.4 Å². The first-order chi connectivity index (χ1) is 9.78. The molecule has 0 spiro atoms. The van der Waals surface area contributed by atoms with Gasteiger partial charge >= 0.3 is 0 Å². The van der Waals surface area contributed by atoms with Crippen LogP contribution in [0.2, 0.25) is 0 Å². The first kappa shape index (κ1) is 14.7. The van der Waals surface area contributed by atoms with Crippen LogP contribution in [0.5, 0.6) is 0 Å². The van der Waals surface area contributed by atoms with Crippen molar-refractivity contribution in [2.24, 2.45) is 0 Å². The Labute approximate surface area is 122 Å². The number of benzene rings is 1. The van der Waals surface area contributed by atoms with Gasteiger partial charge in [-0.05, 0) is 49.6 Å². The smallest absolute Gasteiger partial charge is 0.105 e. The number of anilines is 1. The largest absolute Gasteiger partial charge is 0.469 e. The fourth-order valence-corrected chi connectivity index (χ4v) is 2.41. The van der Waals surface area contributed by atoms with Crippen LogP contribution in [0.1, 0.15) is 44.4 Å². The van der Waals surface area contributed by atoms with Crippen molar-refractivity contribution in [3.8, 4) is 0 Å². The molecule has 108 valence electrons. The molecule has 0 bridgehead atoms. The summed E-state index contributed by atoms with van der Waals surface area (Å²) in [4.78, 5) is 0.